The topological polar surface area (TPSA) is 90.3 Å². The van der Waals surface area contributed by atoms with Gasteiger partial charge in [0.15, 0.2) is 0 Å². The Kier molecular flexibility index (Phi) is 4.84. The third-order valence-electron chi connectivity index (χ3n) is 2.29. The molecule has 1 aromatic rings. The van der Waals surface area contributed by atoms with Crippen LogP contribution in [0.3, 0.4) is 0 Å². The van der Waals surface area contributed by atoms with Crippen LogP contribution in [0.5, 0.6) is 0 Å². The summed E-state index contributed by atoms with van der Waals surface area (Å²) in [6, 6.07) is 4.75. The van der Waals surface area contributed by atoms with E-state index in [0.29, 0.717) is 4.88 Å². The van der Waals surface area contributed by atoms with E-state index in [1.807, 2.05) is 6.07 Å². The van der Waals surface area contributed by atoms with Crippen molar-refractivity contribution in [1.29, 1.82) is 5.26 Å². The standard InChI is InChI=1S/C10H13N3O3S2/c1-12-9(14)5-6-13(2)18(15,16)10-4-3-8(7-11)17-10/h3-4H,5-6H2,1-2H3,(H,12,14). The predicted octanol–water partition coefficient (Wildman–Crippen LogP) is 0.376. The van der Waals surface area contributed by atoms with Crippen LogP contribution < -0.4 is 5.32 Å². The first-order valence-corrected chi connectivity index (χ1v) is 7.34. The largest absolute Gasteiger partial charge is 0.359 e. The second kappa shape index (κ2) is 5.95. The fourth-order valence-corrected chi connectivity index (χ4v) is 3.66. The number of carbonyl (C=O) groups is 1. The van der Waals surface area contributed by atoms with Crippen molar-refractivity contribution in [3.8, 4) is 6.07 Å². The van der Waals surface area contributed by atoms with Gasteiger partial charge in [-0.2, -0.15) is 9.57 Å². The number of thiophene rings is 1. The number of nitriles is 1. The molecule has 0 radical (unpaired) electrons. The van der Waals surface area contributed by atoms with Crippen molar-refractivity contribution in [2.24, 2.45) is 0 Å². The van der Waals surface area contributed by atoms with Crippen molar-refractivity contribution in [3.05, 3.63) is 17.0 Å². The number of amides is 1. The molecule has 98 valence electrons. The van der Waals surface area contributed by atoms with E-state index in [-0.39, 0.29) is 23.1 Å². The van der Waals surface area contributed by atoms with Gasteiger partial charge in [-0.25, -0.2) is 8.42 Å². The lowest BCUT2D eigenvalue weighted by atomic mass is 10.4. The Morgan fingerprint density at radius 1 is 1.56 bits per heavy atom. The maximum Gasteiger partial charge on any atom is 0.252 e. The van der Waals surface area contributed by atoms with Crippen LogP contribution in [0.2, 0.25) is 0 Å². The second-order valence-electron chi connectivity index (χ2n) is 3.48. The molecule has 18 heavy (non-hydrogen) atoms. The summed E-state index contributed by atoms with van der Waals surface area (Å²) in [6.45, 7) is 0.0990. The second-order valence-corrected chi connectivity index (χ2v) is 6.84. The van der Waals surface area contributed by atoms with E-state index in [0.717, 1.165) is 15.6 Å². The fraction of sp³-hybridized carbons (Fsp3) is 0.400. The van der Waals surface area contributed by atoms with E-state index in [9.17, 15) is 13.2 Å². The van der Waals surface area contributed by atoms with E-state index in [1.165, 1.54) is 26.2 Å². The molecular weight excluding hydrogens is 274 g/mol. The minimum atomic E-state index is -3.61. The van der Waals surface area contributed by atoms with Gasteiger partial charge in [-0.3, -0.25) is 4.79 Å². The van der Waals surface area contributed by atoms with Crippen LogP contribution >= 0.6 is 11.3 Å². The van der Waals surface area contributed by atoms with Crippen molar-refractivity contribution in [2.75, 3.05) is 20.6 Å². The molecule has 0 aliphatic carbocycles. The summed E-state index contributed by atoms with van der Waals surface area (Å²) in [4.78, 5) is 11.4. The normalized spacial score (nSPS) is 11.2. The minimum Gasteiger partial charge on any atom is -0.359 e. The first-order valence-electron chi connectivity index (χ1n) is 5.08. The molecule has 0 aliphatic heterocycles. The Morgan fingerprint density at radius 3 is 2.72 bits per heavy atom. The number of rotatable bonds is 5. The van der Waals surface area contributed by atoms with Crippen molar-refractivity contribution in [1.82, 2.24) is 9.62 Å². The highest BCUT2D eigenvalue weighted by Crippen LogP contribution is 2.23. The van der Waals surface area contributed by atoms with Crippen molar-refractivity contribution in [3.63, 3.8) is 0 Å². The van der Waals surface area contributed by atoms with Gasteiger partial charge in [0, 0.05) is 27.1 Å². The first-order chi connectivity index (χ1) is 8.41. The number of nitrogens with zero attached hydrogens (tertiary/aromatic N) is 2. The summed E-state index contributed by atoms with van der Waals surface area (Å²) in [5.74, 6) is -0.221. The van der Waals surface area contributed by atoms with E-state index in [2.05, 4.69) is 5.32 Å². The minimum absolute atomic E-state index is 0.0990. The van der Waals surface area contributed by atoms with Gasteiger partial charge in [-0.1, -0.05) is 0 Å². The molecule has 0 atom stereocenters. The monoisotopic (exact) mass is 287 g/mol. The lowest BCUT2D eigenvalue weighted by Gasteiger charge is -2.15. The molecule has 1 heterocycles. The Balaban J connectivity index is 2.80. The third kappa shape index (κ3) is 3.29. The molecular formula is C10H13N3O3S2. The van der Waals surface area contributed by atoms with Gasteiger partial charge in [0.05, 0.1) is 0 Å². The quantitative estimate of drug-likeness (QED) is 0.847. The molecule has 1 amide bonds. The molecule has 1 rings (SSSR count). The molecule has 0 fully saturated rings. The zero-order chi connectivity index (χ0) is 13.8. The van der Waals surface area contributed by atoms with Gasteiger partial charge in [-0.15, -0.1) is 11.3 Å². The number of hydrogen-bond acceptors (Lipinski definition) is 5. The first kappa shape index (κ1) is 14.6. The van der Waals surface area contributed by atoms with Crippen LogP contribution in [-0.2, 0) is 14.8 Å². The molecule has 8 heteroatoms. The maximum absolute atomic E-state index is 12.1. The van der Waals surface area contributed by atoms with Crippen LogP contribution in [0, 0.1) is 11.3 Å². The average molecular weight is 287 g/mol. The van der Waals surface area contributed by atoms with E-state index in [4.69, 9.17) is 5.26 Å². The van der Waals surface area contributed by atoms with Gasteiger partial charge in [0.1, 0.15) is 15.2 Å². The molecule has 0 aromatic carbocycles. The van der Waals surface area contributed by atoms with Gasteiger partial charge in [0.25, 0.3) is 10.0 Å². The average Bonchev–Trinajstić information content (AvgIpc) is 2.84. The lowest BCUT2D eigenvalue weighted by Crippen LogP contribution is -2.31. The molecule has 1 N–H and O–H groups in total. The summed E-state index contributed by atoms with van der Waals surface area (Å²) in [5, 5.41) is 11.1. The van der Waals surface area contributed by atoms with Crippen LogP contribution in [-0.4, -0.2) is 39.3 Å². The number of nitrogens with one attached hydrogen (secondary N) is 1. The van der Waals surface area contributed by atoms with Crippen molar-refractivity contribution in [2.45, 2.75) is 10.6 Å². The Hall–Kier alpha value is -1.43. The van der Waals surface area contributed by atoms with E-state index >= 15 is 0 Å². The fourth-order valence-electron chi connectivity index (χ4n) is 1.18. The van der Waals surface area contributed by atoms with Crippen LogP contribution in [0.1, 0.15) is 11.3 Å². The highest BCUT2D eigenvalue weighted by molar-refractivity contribution is 7.91. The molecule has 1 aromatic heterocycles. The zero-order valence-electron chi connectivity index (χ0n) is 10.0. The molecule has 0 aliphatic rings. The summed E-state index contributed by atoms with van der Waals surface area (Å²) < 4.78 is 25.3. The number of carbonyl (C=O) groups excluding carboxylic acids is 1. The molecule has 0 saturated heterocycles. The van der Waals surface area contributed by atoms with Crippen molar-refractivity contribution >= 4 is 27.3 Å². The number of sulfonamides is 1. The summed E-state index contributed by atoms with van der Waals surface area (Å²) >= 11 is 0.917. The summed E-state index contributed by atoms with van der Waals surface area (Å²) in [7, 11) is -0.709. The zero-order valence-corrected chi connectivity index (χ0v) is 11.6. The van der Waals surface area contributed by atoms with Crippen LogP contribution in [0.25, 0.3) is 0 Å². The Morgan fingerprint density at radius 2 is 2.22 bits per heavy atom. The third-order valence-corrected chi connectivity index (χ3v) is 5.60. The SMILES string of the molecule is CNC(=O)CCN(C)S(=O)(=O)c1ccc(C#N)s1. The van der Waals surface area contributed by atoms with Gasteiger partial charge < -0.3 is 5.32 Å². The number of hydrogen-bond donors (Lipinski definition) is 1. The van der Waals surface area contributed by atoms with Crippen molar-refractivity contribution < 1.29 is 13.2 Å². The molecule has 6 nitrogen and oxygen atoms in total. The molecule has 0 spiro atoms. The Labute approximate surface area is 110 Å². The summed E-state index contributed by atoms with van der Waals surface area (Å²) in [6.07, 6.45) is 0.0999. The lowest BCUT2D eigenvalue weighted by molar-refractivity contribution is -0.120. The highest BCUT2D eigenvalue weighted by atomic mass is 32.2. The Bertz CT molecular complexity index is 571. The van der Waals surface area contributed by atoms with Gasteiger partial charge >= 0.3 is 0 Å². The molecule has 0 unspecified atom stereocenters. The summed E-state index contributed by atoms with van der Waals surface area (Å²) in [5.41, 5.74) is 0. The highest BCUT2D eigenvalue weighted by Gasteiger charge is 2.23. The van der Waals surface area contributed by atoms with Crippen LogP contribution in [0.4, 0.5) is 0 Å². The molecule has 0 saturated carbocycles. The predicted molar refractivity (Wildman–Crippen MR) is 67.5 cm³/mol. The smallest absolute Gasteiger partial charge is 0.252 e. The van der Waals surface area contributed by atoms with Crippen LogP contribution in [0.15, 0.2) is 16.3 Å². The maximum atomic E-state index is 12.1. The van der Waals surface area contributed by atoms with E-state index < -0.39 is 10.0 Å². The van der Waals surface area contributed by atoms with E-state index in [1.54, 1.807) is 0 Å². The van der Waals surface area contributed by atoms with Gasteiger partial charge in [0.2, 0.25) is 5.91 Å². The van der Waals surface area contributed by atoms with Gasteiger partial charge in [-0.05, 0) is 12.1 Å². The molecule has 0 bridgehead atoms.